The third kappa shape index (κ3) is 2.66. The summed E-state index contributed by atoms with van der Waals surface area (Å²) >= 11 is 0. The number of aliphatic hydroxyl groups is 1. The van der Waals surface area contributed by atoms with Gasteiger partial charge in [-0.2, -0.15) is 0 Å². The summed E-state index contributed by atoms with van der Waals surface area (Å²) in [5.74, 6) is 0. The lowest BCUT2D eigenvalue weighted by molar-refractivity contribution is 0.152. The van der Waals surface area contributed by atoms with Gasteiger partial charge in [0, 0.05) is 0 Å². The van der Waals surface area contributed by atoms with Gasteiger partial charge in [-0.3, -0.25) is 0 Å². The van der Waals surface area contributed by atoms with Crippen molar-refractivity contribution in [1.82, 2.24) is 0 Å². The number of rotatable bonds is 0. The van der Waals surface area contributed by atoms with Crippen molar-refractivity contribution in [2.75, 3.05) is 0 Å². The summed E-state index contributed by atoms with van der Waals surface area (Å²) in [5, 5.41) is 9.18. The third-order valence-corrected chi connectivity index (χ3v) is 1.74. The first-order valence-corrected chi connectivity index (χ1v) is 3.72. The van der Waals surface area contributed by atoms with E-state index in [0.29, 0.717) is 0 Å². The minimum Gasteiger partial charge on any atom is -0.393 e. The molecule has 0 amide bonds. The molecule has 0 aromatic rings. The topological polar surface area (TPSA) is 20.2 Å². The average Bonchev–Trinajstić information content (AvgIpc) is 1.79. The normalized spacial score (nSPS) is 32.8. The lowest BCUT2D eigenvalue weighted by Gasteiger charge is -2.09. The molecule has 1 rings (SSSR count). The van der Waals surface area contributed by atoms with Crippen LogP contribution in [-0.4, -0.2) is 11.2 Å². The molecule has 1 aliphatic carbocycles. The van der Waals surface area contributed by atoms with Crippen LogP contribution in [0.4, 0.5) is 0 Å². The van der Waals surface area contributed by atoms with Gasteiger partial charge in [-0.05, 0) is 32.1 Å². The summed E-state index contributed by atoms with van der Waals surface area (Å²) in [6, 6.07) is 0. The summed E-state index contributed by atoms with van der Waals surface area (Å²) in [4.78, 5) is 0. The highest BCUT2D eigenvalue weighted by molar-refractivity contribution is 4.84. The van der Waals surface area contributed by atoms with Gasteiger partial charge in [0.1, 0.15) is 0 Å². The molecule has 0 aromatic carbocycles. The Morgan fingerprint density at radius 1 is 1.11 bits per heavy atom. The molecule has 0 spiro atoms. The zero-order valence-electron chi connectivity index (χ0n) is 5.71. The molecule has 9 heavy (non-hydrogen) atoms. The molecule has 0 fully saturated rings. The molecule has 0 unspecified atom stereocenters. The van der Waals surface area contributed by atoms with Crippen molar-refractivity contribution in [2.45, 2.75) is 38.2 Å². The monoisotopic (exact) mass is 126 g/mol. The van der Waals surface area contributed by atoms with Crippen LogP contribution >= 0.6 is 0 Å². The Labute approximate surface area is 56.4 Å². The second kappa shape index (κ2) is 3.67. The fraction of sp³-hybridized carbons (Fsp3) is 0.750. The minimum atomic E-state index is -0.0325. The highest BCUT2D eigenvalue weighted by Crippen LogP contribution is 2.11. The van der Waals surface area contributed by atoms with Gasteiger partial charge in [-0.25, -0.2) is 0 Å². The number of aliphatic hydroxyl groups excluding tert-OH is 1. The second-order valence-corrected chi connectivity index (χ2v) is 2.63. The van der Waals surface area contributed by atoms with Crippen LogP contribution < -0.4 is 0 Å². The summed E-state index contributed by atoms with van der Waals surface area (Å²) in [6.07, 6.45) is 9.65. The molecule has 1 atom stereocenters. The Kier molecular flexibility index (Phi) is 2.78. The molecule has 1 nitrogen and oxygen atoms in total. The highest BCUT2D eigenvalue weighted by Gasteiger charge is 2.02. The van der Waals surface area contributed by atoms with E-state index in [2.05, 4.69) is 12.2 Å². The van der Waals surface area contributed by atoms with E-state index in [1.54, 1.807) is 0 Å². The summed E-state index contributed by atoms with van der Waals surface area (Å²) in [7, 11) is 0. The molecule has 0 saturated carbocycles. The van der Waals surface area contributed by atoms with Crippen LogP contribution in [-0.2, 0) is 0 Å². The lowest BCUT2D eigenvalue weighted by Crippen LogP contribution is -2.06. The van der Waals surface area contributed by atoms with Crippen LogP contribution in [0.25, 0.3) is 0 Å². The smallest absolute Gasteiger partial charge is 0.0543 e. The van der Waals surface area contributed by atoms with E-state index in [-0.39, 0.29) is 6.10 Å². The third-order valence-electron chi connectivity index (χ3n) is 1.74. The summed E-state index contributed by atoms with van der Waals surface area (Å²) < 4.78 is 0. The SMILES string of the molecule is O[C@H]1CC/C=C\CCC1. The van der Waals surface area contributed by atoms with Crippen LogP contribution in [0.3, 0.4) is 0 Å². The van der Waals surface area contributed by atoms with Crippen molar-refractivity contribution in [3.8, 4) is 0 Å². The molecule has 1 N–H and O–H groups in total. The van der Waals surface area contributed by atoms with E-state index >= 15 is 0 Å². The van der Waals surface area contributed by atoms with E-state index in [1.165, 1.54) is 0 Å². The van der Waals surface area contributed by atoms with Gasteiger partial charge in [0.25, 0.3) is 0 Å². The van der Waals surface area contributed by atoms with Gasteiger partial charge in [0.05, 0.1) is 6.10 Å². The fourth-order valence-corrected chi connectivity index (χ4v) is 1.14. The van der Waals surface area contributed by atoms with Crippen LogP contribution in [0.1, 0.15) is 32.1 Å². The van der Waals surface area contributed by atoms with Crippen molar-refractivity contribution in [3.05, 3.63) is 12.2 Å². The maximum Gasteiger partial charge on any atom is 0.0543 e. The van der Waals surface area contributed by atoms with E-state index in [4.69, 9.17) is 0 Å². The quantitative estimate of drug-likeness (QED) is 0.491. The van der Waals surface area contributed by atoms with Crippen molar-refractivity contribution < 1.29 is 5.11 Å². The molecule has 0 saturated heterocycles. The Hall–Kier alpha value is -0.300. The van der Waals surface area contributed by atoms with Gasteiger partial charge < -0.3 is 5.11 Å². The first kappa shape index (κ1) is 6.81. The van der Waals surface area contributed by atoms with Crippen LogP contribution in [0.5, 0.6) is 0 Å². The maximum absolute atomic E-state index is 9.18. The predicted octanol–water partition coefficient (Wildman–Crippen LogP) is 1.87. The Morgan fingerprint density at radius 3 is 2.78 bits per heavy atom. The van der Waals surface area contributed by atoms with Gasteiger partial charge in [0.2, 0.25) is 0 Å². The molecular formula is C8H14O. The molecule has 0 radical (unpaired) electrons. The molecule has 1 aliphatic rings. The van der Waals surface area contributed by atoms with Crippen molar-refractivity contribution in [1.29, 1.82) is 0 Å². The molecule has 0 aliphatic heterocycles. The minimum absolute atomic E-state index is 0.0325. The number of hydrogen-bond donors (Lipinski definition) is 1. The van der Waals surface area contributed by atoms with Gasteiger partial charge in [-0.1, -0.05) is 12.2 Å². The number of allylic oxidation sites excluding steroid dienone is 2. The van der Waals surface area contributed by atoms with E-state index in [0.717, 1.165) is 32.1 Å². The first-order valence-electron chi connectivity index (χ1n) is 3.72. The Morgan fingerprint density at radius 2 is 1.89 bits per heavy atom. The van der Waals surface area contributed by atoms with Crippen molar-refractivity contribution in [3.63, 3.8) is 0 Å². The second-order valence-electron chi connectivity index (χ2n) is 2.63. The molecule has 1 heteroatoms. The summed E-state index contributed by atoms with van der Waals surface area (Å²) in [5.41, 5.74) is 0. The fourth-order valence-electron chi connectivity index (χ4n) is 1.14. The van der Waals surface area contributed by atoms with Crippen molar-refractivity contribution in [2.24, 2.45) is 0 Å². The predicted molar refractivity (Wildman–Crippen MR) is 38.2 cm³/mol. The molecule has 0 bridgehead atoms. The molecule has 52 valence electrons. The Bertz CT molecular complexity index is 96.7. The molecular weight excluding hydrogens is 112 g/mol. The maximum atomic E-state index is 9.18. The lowest BCUT2D eigenvalue weighted by atomic mass is 10.0. The van der Waals surface area contributed by atoms with Crippen LogP contribution in [0.2, 0.25) is 0 Å². The van der Waals surface area contributed by atoms with Gasteiger partial charge in [-0.15, -0.1) is 0 Å². The molecule has 0 heterocycles. The molecule has 0 aromatic heterocycles. The Balaban J connectivity index is 2.27. The highest BCUT2D eigenvalue weighted by atomic mass is 16.3. The summed E-state index contributed by atoms with van der Waals surface area (Å²) in [6.45, 7) is 0. The van der Waals surface area contributed by atoms with Gasteiger partial charge in [0.15, 0.2) is 0 Å². The zero-order chi connectivity index (χ0) is 6.53. The largest absolute Gasteiger partial charge is 0.393 e. The number of hydrogen-bond acceptors (Lipinski definition) is 1. The van der Waals surface area contributed by atoms with Gasteiger partial charge >= 0.3 is 0 Å². The van der Waals surface area contributed by atoms with Crippen LogP contribution in [0, 0.1) is 0 Å². The van der Waals surface area contributed by atoms with E-state index in [9.17, 15) is 5.11 Å². The van der Waals surface area contributed by atoms with E-state index < -0.39 is 0 Å². The first-order chi connectivity index (χ1) is 4.39. The van der Waals surface area contributed by atoms with Crippen LogP contribution in [0.15, 0.2) is 12.2 Å². The standard InChI is InChI=1S/C8H14O/c9-8-6-4-2-1-3-5-7-8/h1-2,8-9H,3-7H2/b2-1-/t8-/m0/s1. The average molecular weight is 126 g/mol. The van der Waals surface area contributed by atoms with E-state index in [1.807, 2.05) is 0 Å². The van der Waals surface area contributed by atoms with Crippen molar-refractivity contribution >= 4 is 0 Å². The zero-order valence-corrected chi connectivity index (χ0v) is 5.71.